The van der Waals surface area contributed by atoms with Crippen molar-refractivity contribution in [3.8, 4) is 0 Å². The van der Waals surface area contributed by atoms with Crippen LogP contribution in [0.2, 0.25) is 0 Å². The Morgan fingerprint density at radius 1 is 0.938 bits per heavy atom. The molecule has 6 rings (SSSR count). The molecule has 13 heteroatoms. The third-order valence-electron chi connectivity index (χ3n) is 10.7. The maximum Gasteiger partial charge on any atom is 0.322 e. The van der Waals surface area contributed by atoms with Gasteiger partial charge in [0, 0.05) is 65.9 Å². The number of rotatable bonds is 7. The van der Waals surface area contributed by atoms with E-state index in [9.17, 15) is 14.4 Å². The van der Waals surface area contributed by atoms with E-state index in [-0.39, 0.29) is 30.1 Å². The molecule has 11 nitrogen and oxygen atoms in total. The summed E-state index contributed by atoms with van der Waals surface area (Å²) in [6.45, 7) is 4.57. The monoisotopic (exact) mass is 786 g/mol. The highest BCUT2D eigenvalue weighted by Crippen LogP contribution is 2.31. The molecule has 4 N–H and O–H groups in total. The van der Waals surface area contributed by atoms with Crippen molar-refractivity contribution in [1.29, 1.82) is 0 Å². The Morgan fingerprint density at radius 2 is 1.56 bits per heavy atom. The number of carbonyl (C=O) groups excluding carboxylic acids is 3. The third-order valence-corrected chi connectivity index (χ3v) is 12.0. The van der Waals surface area contributed by atoms with E-state index in [1.165, 1.54) is 12.8 Å². The van der Waals surface area contributed by atoms with Gasteiger partial charge in [0.15, 0.2) is 0 Å². The molecule has 4 heterocycles. The van der Waals surface area contributed by atoms with E-state index in [2.05, 4.69) is 66.4 Å². The number of fused-ring (bicyclic) bond motifs is 1. The average molecular weight is 789 g/mol. The van der Waals surface area contributed by atoms with Gasteiger partial charge in [-0.15, -0.1) is 0 Å². The first-order valence-electron chi connectivity index (χ1n) is 17.2. The van der Waals surface area contributed by atoms with Crippen LogP contribution in [-0.2, 0) is 11.2 Å². The highest BCUT2D eigenvalue weighted by atomic mass is 79.9. The van der Waals surface area contributed by atoms with E-state index in [1.54, 1.807) is 9.80 Å². The molecule has 0 bridgehead atoms. The highest BCUT2D eigenvalue weighted by molar-refractivity contribution is 9.11. The number of amides is 5. The Hall–Kier alpha value is -2.87. The van der Waals surface area contributed by atoms with Crippen molar-refractivity contribution in [1.82, 2.24) is 35.1 Å². The van der Waals surface area contributed by atoms with Crippen LogP contribution in [0.5, 0.6) is 0 Å². The fraction of sp³-hybridized carbons (Fsp3) is 0.571. The van der Waals surface area contributed by atoms with Gasteiger partial charge in [-0.25, -0.2) is 9.59 Å². The molecule has 5 aliphatic rings. The van der Waals surface area contributed by atoms with Gasteiger partial charge in [-0.1, -0.05) is 24.3 Å². The standard InChI is InChI=1S/C35H48Br2N8O3/c1-41(2)25-7-13-42(14-8-25)26-9-15-43(16-10-26)33(46)31(21-23-19-28(36)32(38)29(37)20-23)40-34(47)44-17-11-27(12-18-44)45-22-24-5-3-4-6-30(24)39-35(45)48/h3-6,19-20,22,25-27,30-31H,7-18,21,38H2,1-2H3,(H,39,48)(H,40,47)/t30?,31-/m1/s1. The minimum Gasteiger partial charge on any atom is -0.397 e. The number of benzene rings is 1. The molecule has 0 aromatic heterocycles. The first-order valence-corrected chi connectivity index (χ1v) is 18.8. The molecule has 2 atom stereocenters. The predicted octanol–water partition coefficient (Wildman–Crippen LogP) is 4.30. The lowest BCUT2D eigenvalue weighted by molar-refractivity contribution is -0.135. The van der Waals surface area contributed by atoms with Gasteiger partial charge in [0.25, 0.3) is 0 Å². The molecule has 1 aromatic carbocycles. The minimum absolute atomic E-state index is 0.00122. The number of nitrogens with zero attached hydrogens (tertiary/aromatic N) is 5. The van der Waals surface area contributed by atoms with Crippen LogP contribution in [0.15, 0.2) is 57.2 Å². The second-order valence-corrected chi connectivity index (χ2v) is 15.6. The number of likely N-dealkylation sites (tertiary alicyclic amines) is 3. The number of halogens is 2. The molecule has 1 aliphatic carbocycles. The Balaban J connectivity index is 1.08. The number of hydrogen-bond donors (Lipinski definition) is 3. The van der Waals surface area contributed by atoms with Crippen LogP contribution in [0.1, 0.15) is 44.1 Å². The number of piperidine rings is 3. The van der Waals surface area contributed by atoms with E-state index in [1.807, 2.05) is 47.5 Å². The molecule has 3 saturated heterocycles. The van der Waals surface area contributed by atoms with Gasteiger partial charge in [-0.3, -0.25) is 9.69 Å². The molecule has 1 unspecified atom stereocenters. The largest absolute Gasteiger partial charge is 0.397 e. The number of anilines is 1. The normalized spacial score (nSPS) is 23.6. The van der Waals surface area contributed by atoms with E-state index in [0.717, 1.165) is 46.0 Å². The quantitative estimate of drug-likeness (QED) is 0.355. The molecule has 4 aliphatic heterocycles. The lowest BCUT2D eigenvalue weighted by Crippen LogP contribution is -2.58. The van der Waals surface area contributed by atoms with Crippen LogP contribution in [0.4, 0.5) is 15.3 Å². The molecule has 3 fully saturated rings. The van der Waals surface area contributed by atoms with Gasteiger partial charge in [-0.2, -0.15) is 0 Å². The zero-order valence-electron chi connectivity index (χ0n) is 27.9. The Bertz CT molecular complexity index is 1430. The zero-order valence-corrected chi connectivity index (χ0v) is 31.1. The van der Waals surface area contributed by atoms with Crippen molar-refractivity contribution in [2.45, 2.75) is 75.2 Å². The summed E-state index contributed by atoms with van der Waals surface area (Å²) in [5, 5.41) is 6.17. The predicted molar refractivity (Wildman–Crippen MR) is 195 cm³/mol. The molecular weight excluding hydrogens is 740 g/mol. The van der Waals surface area contributed by atoms with Crippen LogP contribution in [0, 0.1) is 0 Å². The number of allylic oxidation sites excluding steroid dienone is 2. The molecule has 0 radical (unpaired) electrons. The smallest absolute Gasteiger partial charge is 0.322 e. The maximum absolute atomic E-state index is 14.1. The van der Waals surface area contributed by atoms with Crippen molar-refractivity contribution in [3.05, 3.63) is 62.7 Å². The lowest BCUT2D eigenvalue weighted by atomic mass is 9.96. The summed E-state index contributed by atoms with van der Waals surface area (Å²) in [4.78, 5) is 51.2. The fourth-order valence-electron chi connectivity index (χ4n) is 7.73. The fourth-order valence-corrected chi connectivity index (χ4v) is 9.01. The van der Waals surface area contributed by atoms with Gasteiger partial charge < -0.3 is 36.0 Å². The van der Waals surface area contributed by atoms with Crippen molar-refractivity contribution >= 4 is 55.5 Å². The van der Waals surface area contributed by atoms with Crippen molar-refractivity contribution < 1.29 is 14.4 Å². The number of urea groups is 2. The molecule has 48 heavy (non-hydrogen) atoms. The highest BCUT2D eigenvalue weighted by Gasteiger charge is 2.36. The van der Waals surface area contributed by atoms with Gasteiger partial charge in [0.1, 0.15) is 6.04 Å². The molecule has 0 saturated carbocycles. The van der Waals surface area contributed by atoms with Gasteiger partial charge in [0.2, 0.25) is 5.91 Å². The first-order chi connectivity index (χ1) is 23.1. The number of nitrogen functional groups attached to an aromatic ring is 1. The van der Waals surface area contributed by atoms with Crippen molar-refractivity contribution in [3.63, 3.8) is 0 Å². The average Bonchev–Trinajstić information content (AvgIpc) is 3.10. The number of hydrogen-bond acceptors (Lipinski definition) is 6. The van der Waals surface area contributed by atoms with E-state index >= 15 is 0 Å². The van der Waals surface area contributed by atoms with Crippen LogP contribution in [0.25, 0.3) is 0 Å². The Labute approximate surface area is 300 Å². The summed E-state index contributed by atoms with van der Waals surface area (Å²) >= 11 is 7.07. The van der Waals surface area contributed by atoms with Crippen LogP contribution < -0.4 is 16.4 Å². The SMILES string of the molecule is CN(C)C1CCN(C2CCN(C(=O)[C@@H](Cc3cc(Br)c(N)c(Br)c3)NC(=O)N3CCC(N4C=C5C=CC=CC5NC4=O)CC3)CC2)CC1. The molecule has 0 spiro atoms. The first kappa shape index (κ1) is 35.0. The van der Waals surface area contributed by atoms with E-state index in [0.29, 0.717) is 63.2 Å². The van der Waals surface area contributed by atoms with Crippen LogP contribution in [-0.4, -0.2) is 126 Å². The summed E-state index contributed by atoms with van der Waals surface area (Å²) in [5.74, 6) is -0.0483. The number of carbonyl (C=O) groups is 3. The molecular formula is C35H48Br2N8O3. The second-order valence-electron chi connectivity index (χ2n) is 13.9. The van der Waals surface area contributed by atoms with Gasteiger partial charge in [-0.05, 0) is 121 Å². The second kappa shape index (κ2) is 15.3. The van der Waals surface area contributed by atoms with Crippen LogP contribution >= 0.6 is 31.9 Å². The number of nitrogens with one attached hydrogen (secondary N) is 2. The van der Waals surface area contributed by atoms with E-state index < -0.39 is 6.04 Å². The lowest BCUT2D eigenvalue weighted by Gasteiger charge is -2.43. The van der Waals surface area contributed by atoms with Gasteiger partial charge >= 0.3 is 12.1 Å². The summed E-state index contributed by atoms with van der Waals surface area (Å²) in [6.07, 6.45) is 15.8. The molecule has 260 valence electrons. The minimum atomic E-state index is -0.717. The summed E-state index contributed by atoms with van der Waals surface area (Å²) in [6, 6.07) is 3.80. The number of nitrogens with two attached hydrogens (primary N) is 1. The summed E-state index contributed by atoms with van der Waals surface area (Å²) in [5.41, 5.74) is 8.69. The third kappa shape index (κ3) is 7.95. The maximum atomic E-state index is 14.1. The van der Waals surface area contributed by atoms with Crippen LogP contribution in [0.3, 0.4) is 0 Å². The summed E-state index contributed by atoms with van der Waals surface area (Å²) < 4.78 is 1.49. The zero-order chi connectivity index (χ0) is 33.9. The van der Waals surface area contributed by atoms with Crippen molar-refractivity contribution in [2.75, 3.05) is 59.1 Å². The Morgan fingerprint density at radius 3 is 2.21 bits per heavy atom. The van der Waals surface area contributed by atoms with Crippen molar-refractivity contribution in [2.24, 2.45) is 0 Å². The Kier molecular flexibility index (Phi) is 11.2. The molecule has 1 aromatic rings. The summed E-state index contributed by atoms with van der Waals surface area (Å²) in [7, 11) is 4.33. The topological polar surface area (TPSA) is 117 Å². The van der Waals surface area contributed by atoms with E-state index in [4.69, 9.17) is 5.73 Å². The van der Waals surface area contributed by atoms with Gasteiger partial charge in [0.05, 0.1) is 11.7 Å². The molecule has 5 amide bonds.